The van der Waals surface area contributed by atoms with Crippen LogP contribution in [-0.4, -0.2) is 42.5 Å². The van der Waals surface area contributed by atoms with E-state index in [9.17, 15) is 9.18 Å². The van der Waals surface area contributed by atoms with Gasteiger partial charge in [0.1, 0.15) is 5.82 Å². The van der Waals surface area contributed by atoms with Crippen LogP contribution in [0.4, 0.5) is 15.8 Å². The smallest absolute Gasteiger partial charge is 0.238 e. The molecule has 1 N–H and O–H groups in total. The quantitative estimate of drug-likeness (QED) is 0.877. The summed E-state index contributed by atoms with van der Waals surface area (Å²) >= 11 is 0. The third-order valence-corrected chi connectivity index (χ3v) is 6.35. The Morgan fingerprint density at radius 2 is 1.69 bits per heavy atom. The molecule has 3 aliphatic rings. The Balaban J connectivity index is 1.37. The highest BCUT2D eigenvalue weighted by Crippen LogP contribution is 2.35. The Kier molecular flexibility index (Phi) is 5.44. The van der Waals surface area contributed by atoms with Crippen molar-refractivity contribution in [1.82, 2.24) is 4.90 Å². The number of benzene rings is 1. The molecule has 0 saturated carbocycles. The number of hydrogen-bond acceptors (Lipinski definition) is 3. The summed E-state index contributed by atoms with van der Waals surface area (Å²) in [4.78, 5) is 17.0. The van der Waals surface area contributed by atoms with Gasteiger partial charge in [-0.05, 0) is 56.7 Å². The number of nitrogens with one attached hydrogen (secondary N) is 1. The van der Waals surface area contributed by atoms with Gasteiger partial charge in [-0.25, -0.2) is 4.39 Å². The fourth-order valence-corrected chi connectivity index (χ4v) is 5.00. The Labute approximate surface area is 155 Å². The first-order chi connectivity index (χ1) is 12.7. The summed E-state index contributed by atoms with van der Waals surface area (Å²) in [5.41, 5.74) is 1.23. The van der Waals surface area contributed by atoms with Crippen LogP contribution in [0.3, 0.4) is 0 Å². The van der Waals surface area contributed by atoms with Crippen molar-refractivity contribution in [2.75, 3.05) is 29.9 Å². The minimum absolute atomic E-state index is 0.0225. The maximum Gasteiger partial charge on any atom is 0.238 e. The SMILES string of the molecule is O=C(CN1C2CCCC1CC2)Nc1ccc(N2CCCCCC2)c(F)c1. The summed E-state index contributed by atoms with van der Waals surface area (Å²) in [5.74, 6) is -0.256. The van der Waals surface area contributed by atoms with Gasteiger partial charge in [-0.3, -0.25) is 9.69 Å². The van der Waals surface area contributed by atoms with Crippen molar-refractivity contribution < 1.29 is 9.18 Å². The molecule has 3 heterocycles. The molecule has 0 aromatic heterocycles. The van der Waals surface area contributed by atoms with Crippen molar-refractivity contribution in [3.8, 4) is 0 Å². The van der Waals surface area contributed by atoms with Gasteiger partial charge in [0.05, 0.1) is 12.2 Å². The number of rotatable bonds is 4. The Morgan fingerprint density at radius 1 is 1.00 bits per heavy atom. The number of amides is 1. The lowest BCUT2D eigenvalue weighted by molar-refractivity contribution is -0.118. The third-order valence-electron chi connectivity index (χ3n) is 6.35. The predicted molar refractivity (Wildman–Crippen MR) is 103 cm³/mol. The molecule has 3 aliphatic heterocycles. The first kappa shape index (κ1) is 17.8. The maximum atomic E-state index is 14.6. The number of carbonyl (C=O) groups excluding carboxylic acids is 1. The minimum atomic E-state index is -0.234. The molecule has 0 radical (unpaired) electrons. The van der Waals surface area contributed by atoms with Crippen LogP contribution in [0.15, 0.2) is 18.2 Å². The Bertz CT molecular complexity index is 626. The topological polar surface area (TPSA) is 35.6 Å². The molecular formula is C21H30FN3O. The molecule has 3 saturated heterocycles. The lowest BCUT2D eigenvalue weighted by Crippen LogP contribution is -2.44. The maximum absolute atomic E-state index is 14.6. The minimum Gasteiger partial charge on any atom is -0.369 e. The number of nitrogens with zero attached hydrogens (tertiary/aromatic N) is 2. The van der Waals surface area contributed by atoms with Crippen molar-refractivity contribution in [2.45, 2.75) is 69.9 Å². The second-order valence-corrected chi connectivity index (χ2v) is 8.10. The van der Waals surface area contributed by atoms with Crippen LogP contribution in [0.25, 0.3) is 0 Å². The van der Waals surface area contributed by atoms with Crippen LogP contribution in [0.5, 0.6) is 0 Å². The largest absolute Gasteiger partial charge is 0.369 e. The molecular weight excluding hydrogens is 329 g/mol. The average molecular weight is 359 g/mol. The van der Waals surface area contributed by atoms with Gasteiger partial charge in [-0.2, -0.15) is 0 Å². The summed E-state index contributed by atoms with van der Waals surface area (Å²) in [7, 11) is 0. The van der Waals surface area contributed by atoms with E-state index in [0.29, 0.717) is 30.0 Å². The van der Waals surface area contributed by atoms with Crippen molar-refractivity contribution in [3.63, 3.8) is 0 Å². The van der Waals surface area contributed by atoms with E-state index in [1.54, 1.807) is 0 Å². The molecule has 4 rings (SSSR count). The van der Waals surface area contributed by atoms with Crippen molar-refractivity contribution in [3.05, 3.63) is 24.0 Å². The van der Waals surface area contributed by atoms with E-state index < -0.39 is 0 Å². The summed E-state index contributed by atoms with van der Waals surface area (Å²) in [5, 5.41) is 2.90. The van der Waals surface area contributed by atoms with Crippen LogP contribution in [0.2, 0.25) is 0 Å². The molecule has 5 heteroatoms. The lowest BCUT2D eigenvalue weighted by Gasteiger charge is -2.34. The molecule has 3 fully saturated rings. The zero-order chi connectivity index (χ0) is 17.9. The van der Waals surface area contributed by atoms with Gasteiger partial charge >= 0.3 is 0 Å². The van der Waals surface area contributed by atoms with Gasteiger partial charge in [-0.1, -0.05) is 19.3 Å². The van der Waals surface area contributed by atoms with Gasteiger partial charge in [0.25, 0.3) is 0 Å². The average Bonchev–Trinajstić information content (AvgIpc) is 2.86. The molecule has 2 bridgehead atoms. The molecule has 1 amide bonds. The second kappa shape index (κ2) is 7.95. The fourth-order valence-electron chi connectivity index (χ4n) is 5.00. The number of piperidine rings is 1. The highest BCUT2D eigenvalue weighted by molar-refractivity contribution is 5.92. The number of carbonyl (C=O) groups is 1. The molecule has 2 atom stereocenters. The summed E-state index contributed by atoms with van der Waals surface area (Å²) < 4.78 is 14.6. The Morgan fingerprint density at radius 3 is 2.35 bits per heavy atom. The standard InChI is InChI=1S/C21H30FN3O/c22-19-14-16(8-11-20(19)24-12-3-1-2-4-13-24)23-21(26)15-25-17-6-5-7-18(25)10-9-17/h8,11,14,17-18H,1-7,9-10,12-13,15H2,(H,23,26). The molecule has 26 heavy (non-hydrogen) atoms. The highest BCUT2D eigenvalue weighted by atomic mass is 19.1. The van der Waals surface area contributed by atoms with Crippen LogP contribution in [0, 0.1) is 5.82 Å². The van der Waals surface area contributed by atoms with Crippen molar-refractivity contribution >= 4 is 17.3 Å². The van der Waals surface area contributed by atoms with E-state index in [4.69, 9.17) is 0 Å². The van der Waals surface area contributed by atoms with Crippen LogP contribution in [0.1, 0.15) is 57.8 Å². The molecule has 142 valence electrons. The molecule has 4 nitrogen and oxygen atoms in total. The van der Waals surface area contributed by atoms with E-state index in [0.717, 1.165) is 25.9 Å². The number of hydrogen-bond donors (Lipinski definition) is 1. The van der Waals surface area contributed by atoms with E-state index in [-0.39, 0.29) is 11.7 Å². The van der Waals surface area contributed by atoms with E-state index in [1.165, 1.54) is 51.0 Å². The van der Waals surface area contributed by atoms with Crippen LogP contribution >= 0.6 is 0 Å². The molecule has 0 aliphatic carbocycles. The zero-order valence-electron chi connectivity index (χ0n) is 15.6. The van der Waals surface area contributed by atoms with E-state index >= 15 is 0 Å². The summed E-state index contributed by atoms with van der Waals surface area (Å²) in [6.07, 6.45) is 10.8. The van der Waals surface area contributed by atoms with Crippen molar-refractivity contribution in [2.24, 2.45) is 0 Å². The number of anilines is 2. The lowest BCUT2D eigenvalue weighted by atomic mass is 10.0. The first-order valence-electron chi connectivity index (χ1n) is 10.3. The normalized spacial score (nSPS) is 26.6. The van der Waals surface area contributed by atoms with Crippen molar-refractivity contribution in [1.29, 1.82) is 0 Å². The van der Waals surface area contributed by atoms with E-state index in [1.807, 2.05) is 12.1 Å². The molecule has 1 aromatic carbocycles. The number of fused-ring (bicyclic) bond motifs is 2. The number of halogens is 1. The monoisotopic (exact) mass is 359 g/mol. The highest BCUT2D eigenvalue weighted by Gasteiger charge is 2.37. The fraction of sp³-hybridized carbons (Fsp3) is 0.667. The third kappa shape index (κ3) is 3.88. The molecule has 1 aromatic rings. The van der Waals surface area contributed by atoms with Gasteiger partial charge in [-0.15, -0.1) is 0 Å². The van der Waals surface area contributed by atoms with Crippen LogP contribution in [-0.2, 0) is 4.79 Å². The Hall–Kier alpha value is -1.62. The first-order valence-corrected chi connectivity index (χ1v) is 10.3. The second-order valence-electron chi connectivity index (χ2n) is 8.10. The van der Waals surface area contributed by atoms with Gasteiger partial charge in [0.15, 0.2) is 0 Å². The van der Waals surface area contributed by atoms with E-state index in [2.05, 4.69) is 15.1 Å². The molecule has 2 unspecified atom stereocenters. The predicted octanol–water partition coefficient (Wildman–Crippen LogP) is 4.16. The van der Waals surface area contributed by atoms with Crippen LogP contribution < -0.4 is 10.2 Å². The van der Waals surface area contributed by atoms with Gasteiger partial charge in [0, 0.05) is 30.9 Å². The summed E-state index contributed by atoms with van der Waals surface area (Å²) in [6, 6.07) is 6.28. The van der Waals surface area contributed by atoms with Gasteiger partial charge < -0.3 is 10.2 Å². The molecule has 0 spiro atoms. The summed E-state index contributed by atoms with van der Waals surface area (Å²) in [6.45, 7) is 2.27. The van der Waals surface area contributed by atoms with Gasteiger partial charge in [0.2, 0.25) is 5.91 Å². The zero-order valence-corrected chi connectivity index (χ0v) is 15.6.